The lowest BCUT2D eigenvalue weighted by Gasteiger charge is -2.08. The highest BCUT2D eigenvalue weighted by atomic mass is 15.0. The molecule has 1 unspecified atom stereocenters. The van der Waals surface area contributed by atoms with E-state index < -0.39 is 0 Å². The first-order valence-corrected chi connectivity index (χ1v) is 3.73. The molecule has 0 amide bonds. The quantitative estimate of drug-likeness (QED) is 0.636. The maximum Gasteiger partial charge on any atom is 0.127 e. The molecule has 0 aromatic carbocycles. The molecule has 3 heteroatoms. The van der Waals surface area contributed by atoms with Crippen LogP contribution >= 0.6 is 0 Å². The van der Waals surface area contributed by atoms with Gasteiger partial charge in [0.05, 0.1) is 6.04 Å². The molecule has 2 N–H and O–H groups in total. The van der Waals surface area contributed by atoms with E-state index in [1.807, 2.05) is 12.3 Å². The smallest absolute Gasteiger partial charge is 0.127 e. The molecule has 1 rings (SSSR count). The lowest BCUT2D eigenvalue weighted by molar-refractivity contribution is 0.621. The second-order valence-corrected chi connectivity index (χ2v) is 2.25. The molecule has 0 saturated carbocycles. The molecule has 3 nitrogen and oxygen atoms in total. The molecule has 0 bridgehead atoms. The molecule has 1 heterocycles. The minimum absolute atomic E-state index is 0.148. The van der Waals surface area contributed by atoms with Crippen LogP contribution < -0.4 is 5.32 Å². The first-order valence-electron chi connectivity index (χ1n) is 3.73. The third kappa shape index (κ3) is 1.91. The molecular formula is C8H13N3. The lowest BCUT2D eigenvalue weighted by atomic mass is 10.3. The Morgan fingerprint density at radius 2 is 2.73 bits per heavy atom. The van der Waals surface area contributed by atoms with Crippen molar-refractivity contribution in [2.45, 2.75) is 13.0 Å². The average molecular weight is 151 g/mol. The Hall–Kier alpha value is -1.09. The fourth-order valence-electron chi connectivity index (χ4n) is 0.959. The van der Waals surface area contributed by atoms with E-state index in [9.17, 15) is 0 Å². The van der Waals surface area contributed by atoms with Crippen molar-refractivity contribution < 1.29 is 0 Å². The number of hydrogen-bond donors (Lipinski definition) is 2. The number of aromatic amines is 1. The van der Waals surface area contributed by atoms with Crippen LogP contribution in [0.15, 0.2) is 25.0 Å². The Bertz CT molecular complexity index is 203. The van der Waals surface area contributed by atoms with Crippen LogP contribution in [0.4, 0.5) is 0 Å². The van der Waals surface area contributed by atoms with Crippen LogP contribution in [0.2, 0.25) is 0 Å². The maximum absolute atomic E-state index is 4.12. The molecule has 0 fully saturated rings. The number of aromatic nitrogens is 2. The summed E-state index contributed by atoms with van der Waals surface area (Å²) in [5.41, 5.74) is 0. The molecule has 0 radical (unpaired) electrons. The highest BCUT2D eigenvalue weighted by Crippen LogP contribution is 2.06. The summed E-state index contributed by atoms with van der Waals surface area (Å²) in [6, 6.07) is 0.148. The number of imidazole rings is 1. The van der Waals surface area contributed by atoms with E-state index in [2.05, 4.69) is 28.8 Å². The summed E-state index contributed by atoms with van der Waals surface area (Å²) in [6.07, 6.45) is 5.38. The van der Waals surface area contributed by atoms with Gasteiger partial charge in [-0.05, 0) is 6.54 Å². The average Bonchev–Trinajstić information content (AvgIpc) is 2.52. The number of hydrogen-bond acceptors (Lipinski definition) is 2. The van der Waals surface area contributed by atoms with Crippen LogP contribution in [-0.2, 0) is 0 Å². The number of nitrogens with zero attached hydrogens (tertiary/aromatic N) is 1. The zero-order valence-corrected chi connectivity index (χ0v) is 6.67. The molecule has 1 aromatic heterocycles. The summed E-state index contributed by atoms with van der Waals surface area (Å²) in [5, 5.41) is 3.22. The van der Waals surface area contributed by atoms with Gasteiger partial charge in [0.15, 0.2) is 0 Å². The molecule has 0 aliphatic heterocycles. The van der Waals surface area contributed by atoms with Crippen molar-refractivity contribution in [1.29, 1.82) is 0 Å². The Balaban J connectivity index is 2.63. The van der Waals surface area contributed by atoms with E-state index in [0.29, 0.717) is 0 Å². The van der Waals surface area contributed by atoms with Crippen LogP contribution in [-0.4, -0.2) is 16.5 Å². The molecule has 1 atom stereocenters. The minimum Gasteiger partial charge on any atom is -0.347 e. The standard InChI is InChI=1S/C8H13N3/c1-3-7(9-4-2)8-10-5-6-11-8/h3,5-7,9H,1,4H2,2H3,(H,10,11). The predicted octanol–water partition coefficient (Wildman–Crippen LogP) is 1.25. The fraction of sp³-hybridized carbons (Fsp3) is 0.375. The lowest BCUT2D eigenvalue weighted by Crippen LogP contribution is -2.19. The van der Waals surface area contributed by atoms with E-state index in [1.54, 1.807) is 6.20 Å². The first-order chi connectivity index (χ1) is 5.38. The monoisotopic (exact) mass is 151 g/mol. The van der Waals surface area contributed by atoms with Gasteiger partial charge in [-0.3, -0.25) is 0 Å². The van der Waals surface area contributed by atoms with Crippen molar-refractivity contribution >= 4 is 0 Å². The van der Waals surface area contributed by atoms with E-state index in [0.717, 1.165) is 12.4 Å². The Morgan fingerprint density at radius 1 is 1.91 bits per heavy atom. The van der Waals surface area contributed by atoms with Gasteiger partial charge < -0.3 is 10.3 Å². The van der Waals surface area contributed by atoms with Gasteiger partial charge in [0.25, 0.3) is 0 Å². The van der Waals surface area contributed by atoms with Gasteiger partial charge in [0, 0.05) is 12.4 Å². The summed E-state index contributed by atoms with van der Waals surface area (Å²) < 4.78 is 0. The van der Waals surface area contributed by atoms with Gasteiger partial charge in [-0.2, -0.15) is 0 Å². The number of H-pyrrole nitrogens is 1. The van der Waals surface area contributed by atoms with Crippen LogP contribution in [0, 0.1) is 0 Å². The Kier molecular flexibility index (Phi) is 2.86. The third-order valence-corrected chi connectivity index (χ3v) is 1.47. The number of nitrogens with one attached hydrogen (secondary N) is 2. The third-order valence-electron chi connectivity index (χ3n) is 1.47. The number of rotatable bonds is 4. The molecule has 0 aliphatic rings. The van der Waals surface area contributed by atoms with Gasteiger partial charge in [0.2, 0.25) is 0 Å². The SMILES string of the molecule is C=CC(NCC)c1ncc[nH]1. The zero-order chi connectivity index (χ0) is 8.10. The van der Waals surface area contributed by atoms with Crippen LogP contribution in [0.1, 0.15) is 18.8 Å². The second kappa shape index (κ2) is 3.93. The zero-order valence-electron chi connectivity index (χ0n) is 6.67. The van der Waals surface area contributed by atoms with Gasteiger partial charge in [0.1, 0.15) is 5.82 Å². The Labute approximate surface area is 66.5 Å². The summed E-state index contributed by atoms with van der Waals surface area (Å²) in [7, 11) is 0. The molecular weight excluding hydrogens is 138 g/mol. The van der Waals surface area contributed by atoms with E-state index in [-0.39, 0.29) is 6.04 Å². The largest absolute Gasteiger partial charge is 0.347 e. The predicted molar refractivity (Wildman–Crippen MR) is 45.2 cm³/mol. The molecule has 1 aromatic rings. The van der Waals surface area contributed by atoms with Crippen LogP contribution in [0.25, 0.3) is 0 Å². The molecule has 60 valence electrons. The number of likely N-dealkylation sites (N-methyl/N-ethyl adjacent to an activating group) is 1. The van der Waals surface area contributed by atoms with Gasteiger partial charge >= 0.3 is 0 Å². The molecule has 0 spiro atoms. The van der Waals surface area contributed by atoms with Crippen LogP contribution in [0.3, 0.4) is 0 Å². The van der Waals surface area contributed by atoms with E-state index in [4.69, 9.17) is 0 Å². The van der Waals surface area contributed by atoms with Crippen molar-refractivity contribution in [2.75, 3.05) is 6.54 Å². The highest BCUT2D eigenvalue weighted by molar-refractivity contribution is 5.03. The maximum atomic E-state index is 4.12. The van der Waals surface area contributed by atoms with Crippen molar-refractivity contribution in [3.05, 3.63) is 30.9 Å². The van der Waals surface area contributed by atoms with Gasteiger partial charge in [-0.15, -0.1) is 6.58 Å². The fourth-order valence-corrected chi connectivity index (χ4v) is 0.959. The van der Waals surface area contributed by atoms with Gasteiger partial charge in [-0.25, -0.2) is 4.98 Å². The molecule has 0 aliphatic carbocycles. The highest BCUT2D eigenvalue weighted by Gasteiger charge is 2.05. The summed E-state index contributed by atoms with van der Waals surface area (Å²) >= 11 is 0. The minimum atomic E-state index is 0.148. The van der Waals surface area contributed by atoms with E-state index in [1.165, 1.54) is 0 Å². The van der Waals surface area contributed by atoms with Crippen molar-refractivity contribution in [1.82, 2.24) is 15.3 Å². The Morgan fingerprint density at radius 3 is 3.18 bits per heavy atom. The normalized spacial score (nSPS) is 12.8. The van der Waals surface area contributed by atoms with Crippen molar-refractivity contribution in [3.63, 3.8) is 0 Å². The summed E-state index contributed by atoms with van der Waals surface area (Å²) in [6.45, 7) is 6.68. The van der Waals surface area contributed by atoms with Crippen LogP contribution in [0.5, 0.6) is 0 Å². The summed E-state index contributed by atoms with van der Waals surface area (Å²) in [4.78, 5) is 7.14. The second-order valence-electron chi connectivity index (χ2n) is 2.25. The topological polar surface area (TPSA) is 40.7 Å². The summed E-state index contributed by atoms with van der Waals surface area (Å²) in [5.74, 6) is 0.918. The van der Waals surface area contributed by atoms with Crippen molar-refractivity contribution in [2.24, 2.45) is 0 Å². The van der Waals surface area contributed by atoms with Gasteiger partial charge in [-0.1, -0.05) is 13.0 Å². The molecule has 11 heavy (non-hydrogen) atoms. The molecule has 0 saturated heterocycles. The first kappa shape index (κ1) is 8.01. The van der Waals surface area contributed by atoms with Crippen molar-refractivity contribution in [3.8, 4) is 0 Å². The van der Waals surface area contributed by atoms with E-state index >= 15 is 0 Å².